The molecule has 0 radical (unpaired) electrons. The van der Waals surface area contributed by atoms with Gasteiger partial charge in [0.05, 0.1) is 18.3 Å². The Morgan fingerprint density at radius 2 is 2.00 bits per heavy atom. The van der Waals surface area contributed by atoms with Gasteiger partial charge in [0.1, 0.15) is 5.69 Å². The van der Waals surface area contributed by atoms with Crippen LogP contribution in [-0.4, -0.2) is 32.6 Å². The van der Waals surface area contributed by atoms with Crippen LogP contribution in [0.25, 0.3) is 11.6 Å². The van der Waals surface area contributed by atoms with E-state index in [-0.39, 0.29) is 11.3 Å². The fraction of sp³-hybridized carbons (Fsp3) is 0.100. The molecule has 2 heterocycles. The van der Waals surface area contributed by atoms with Crippen LogP contribution in [0.1, 0.15) is 22.9 Å². The minimum atomic E-state index is -1.12. The lowest BCUT2D eigenvalue weighted by Gasteiger charge is -2.16. The van der Waals surface area contributed by atoms with E-state index in [0.717, 1.165) is 22.3 Å². The molecule has 3 aromatic rings. The molecule has 0 aliphatic carbocycles. The number of rotatable bonds is 4. The molecule has 9 heteroatoms. The molecule has 1 atom stereocenters. The third-order valence-corrected chi connectivity index (χ3v) is 4.89. The maximum atomic E-state index is 13.6. The summed E-state index contributed by atoms with van der Waals surface area (Å²) in [6, 6.07) is 7.04. The summed E-state index contributed by atoms with van der Waals surface area (Å²) in [5.74, 6) is -2.63. The molecule has 0 saturated carbocycles. The lowest BCUT2D eigenvalue weighted by atomic mass is 10.1. The zero-order valence-electron chi connectivity index (χ0n) is 14.7. The van der Waals surface area contributed by atoms with Crippen LogP contribution in [0.3, 0.4) is 0 Å². The number of hydrogen-bond acceptors (Lipinski definition) is 4. The van der Waals surface area contributed by atoms with E-state index in [9.17, 15) is 23.8 Å². The number of imidazole rings is 1. The average Bonchev–Trinajstić information content (AvgIpc) is 3.20. The SMILES string of the molecule is O=c1[nH]c(/C=C2\C=Nc3cc(Cl)ccc32)c(O)n1C(CO)c1ccc(F)c(F)c1. The van der Waals surface area contributed by atoms with E-state index in [1.165, 1.54) is 12.1 Å². The van der Waals surface area contributed by atoms with Gasteiger partial charge in [0.25, 0.3) is 0 Å². The zero-order chi connectivity index (χ0) is 20.7. The summed E-state index contributed by atoms with van der Waals surface area (Å²) in [5.41, 5.74) is 1.55. The van der Waals surface area contributed by atoms with Gasteiger partial charge in [-0.15, -0.1) is 0 Å². The van der Waals surface area contributed by atoms with Crippen molar-refractivity contribution in [3.05, 3.63) is 80.4 Å². The van der Waals surface area contributed by atoms with Crippen LogP contribution < -0.4 is 5.69 Å². The molecule has 1 aliphatic rings. The highest BCUT2D eigenvalue weighted by Crippen LogP contribution is 2.35. The van der Waals surface area contributed by atoms with Gasteiger partial charge < -0.3 is 15.2 Å². The number of H-pyrrole nitrogens is 1. The quantitative estimate of drug-likeness (QED) is 0.605. The van der Waals surface area contributed by atoms with Gasteiger partial charge in [0.15, 0.2) is 11.6 Å². The Balaban J connectivity index is 1.77. The van der Waals surface area contributed by atoms with Gasteiger partial charge in [0, 0.05) is 22.4 Å². The van der Waals surface area contributed by atoms with Crippen molar-refractivity contribution in [2.45, 2.75) is 6.04 Å². The first-order valence-corrected chi connectivity index (χ1v) is 8.92. The third-order valence-electron chi connectivity index (χ3n) is 4.66. The average molecular weight is 418 g/mol. The molecule has 4 rings (SSSR count). The Morgan fingerprint density at radius 3 is 2.72 bits per heavy atom. The smallest absolute Gasteiger partial charge is 0.329 e. The molecule has 6 nitrogen and oxygen atoms in total. The standard InChI is InChI=1S/C20H14ClF2N3O3/c21-12-2-3-13-11(8-24-16(13)7-12)6-17-19(28)26(20(29)25-17)18(9-27)10-1-4-14(22)15(23)5-10/h1-8,18,27-28H,9H2,(H,25,29)/b11-6+. The van der Waals surface area contributed by atoms with Gasteiger partial charge in [-0.2, -0.15) is 0 Å². The second-order valence-electron chi connectivity index (χ2n) is 6.43. The molecule has 2 aromatic carbocycles. The Kier molecular flexibility index (Phi) is 4.81. The number of halogens is 3. The van der Waals surface area contributed by atoms with Crippen molar-refractivity contribution in [1.82, 2.24) is 9.55 Å². The molecule has 3 N–H and O–H groups in total. The van der Waals surface area contributed by atoms with Crippen LogP contribution in [-0.2, 0) is 0 Å². The molecule has 1 aromatic heterocycles. The van der Waals surface area contributed by atoms with Crippen molar-refractivity contribution in [3.63, 3.8) is 0 Å². The van der Waals surface area contributed by atoms with Crippen molar-refractivity contribution in [2.24, 2.45) is 4.99 Å². The summed E-state index contributed by atoms with van der Waals surface area (Å²) in [4.78, 5) is 19.2. The van der Waals surface area contributed by atoms with Crippen molar-refractivity contribution in [2.75, 3.05) is 6.61 Å². The second kappa shape index (κ2) is 7.31. The number of aliphatic imine (C=N–C) groups is 1. The lowest BCUT2D eigenvalue weighted by Crippen LogP contribution is -2.25. The maximum Gasteiger partial charge on any atom is 0.329 e. The van der Waals surface area contributed by atoms with E-state index in [1.54, 1.807) is 24.4 Å². The molecule has 0 amide bonds. The lowest BCUT2D eigenvalue weighted by molar-refractivity contribution is 0.236. The molecule has 148 valence electrons. The number of nitrogens with one attached hydrogen (secondary N) is 1. The van der Waals surface area contributed by atoms with Crippen molar-refractivity contribution >= 4 is 35.2 Å². The molecule has 1 unspecified atom stereocenters. The summed E-state index contributed by atoms with van der Waals surface area (Å²) in [6.45, 7) is -0.616. The fourth-order valence-electron chi connectivity index (χ4n) is 3.24. The predicted molar refractivity (Wildman–Crippen MR) is 106 cm³/mol. The van der Waals surface area contributed by atoms with Gasteiger partial charge in [-0.05, 0) is 35.9 Å². The van der Waals surface area contributed by atoms with Gasteiger partial charge in [-0.25, -0.2) is 13.6 Å². The number of nitrogens with zero attached hydrogens (tertiary/aromatic N) is 2. The summed E-state index contributed by atoms with van der Waals surface area (Å²) in [7, 11) is 0. The normalized spacial score (nSPS) is 15.1. The third kappa shape index (κ3) is 3.37. The van der Waals surface area contributed by atoms with E-state index in [4.69, 9.17) is 11.6 Å². The predicted octanol–water partition coefficient (Wildman–Crippen LogP) is 3.65. The molecule has 0 spiro atoms. The minimum Gasteiger partial charge on any atom is -0.493 e. The zero-order valence-corrected chi connectivity index (χ0v) is 15.5. The largest absolute Gasteiger partial charge is 0.493 e. The number of aromatic nitrogens is 2. The summed E-state index contributed by atoms with van der Waals surface area (Å²) in [5, 5.41) is 20.9. The molecule has 0 bridgehead atoms. The topological polar surface area (TPSA) is 90.6 Å². The van der Waals surface area contributed by atoms with E-state index in [1.807, 2.05) is 0 Å². The van der Waals surface area contributed by atoms with Crippen molar-refractivity contribution < 1.29 is 19.0 Å². The number of aliphatic hydroxyl groups is 1. The summed E-state index contributed by atoms with van der Waals surface area (Å²) >= 11 is 5.95. The number of fused-ring (bicyclic) bond motifs is 1. The monoisotopic (exact) mass is 417 g/mol. The number of allylic oxidation sites excluding steroid dienone is 1. The number of aliphatic hydroxyl groups excluding tert-OH is 1. The number of hydrogen-bond donors (Lipinski definition) is 3. The van der Waals surface area contributed by atoms with Crippen LogP contribution in [0.2, 0.25) is 5.02 Å². The van der Waals surface area contributed by atoms with Crippen LogP contribution in [0, 0.1) is 11.6 Å². The maximum absolute atomic E-state index is 13.6. The van der Waals surface area contributed by atoms with Crippen LogP contribution in [0.15, 0.2) is 46.2 Å². The highest BCUT2D eigenvalue weighted by Gasteiger charge is 2.23. The number of aromatic amines is 1. The minimum absolute atomic E-state index is 0.0836. The molecule has 0 fully saturated rings. The summed E-state index contributed by atoms with van der Waals surface area (Å²) < 4.78 is 27.7. The Hall–Kier alpha value is -3.23. The molecule has 1 aliphatic heterocycles. The molecular weight excluding hydrogens is 404 g/mol. The van der Waals surface area contributed by atoms with Gasteiger partial charge in [-0.1, -0.05) is 23.7 Å². The van der Waals surface area contributed by atoms with Gasteiger partial charge >= 0.3 is 5.69 Å². The van der Waals surface area contributed by atoms with Crippen LogP contribution >= 0.6 is 11.6 Å². The number of aromatic hydroxyl groups is 1. The molecule has 29 heavy (non-hydrogen) atoms. The highest BCUT2D eigenvalue weighted by atomic mass is 35.5. The number of benzene rings is 2. The Morgan fingerprint density at radius 1 is 1.21 bits per heavy atom. The van der Waals surface area contributed by atoms with Crippen LogP contribution in [0.5, 0.6) is 5.88 Å². The Bertz CT molecular complexity index is 1230. The van der Waals surface area contributed by atoms with E-state index >= 15 is 0 Å². The van der Waals surface area contributed by atoms with Gasteiger partial charge in [-0.3, -0.25) is 9.56 Å². The second-order valence-corrected chi connectivity index (χ2v) is 6.87. The first-order chi connectivity index (χ1) is 13.9. The van der Waals surface area contributed by atoms with E-state index in [2.05, 4.69) is 9.98 Å². The molecular formula is C20H14ClF2N3O3. The fourth-order valence-corrected chi connectivity index (χ4v) is 3.40. The first kappa shape index (κ1) is 19.1. The Labute approximate surface area is 168 Å². The highest BCUT2D eigenvalue weighted by molar-refractivity contribution is 6.31. The van der Waals surface area contributed by atoms with Gasteiger partial charge in [0.2, 0.25) is 5.88 Å². The first-order valence-electron chi connectivity index (χ1n) is 8.54. The van der Waals surface area contributed by atoms with Crippen molar-refractivity contribution in [3.8, 4) is 5.88 Å². The van der Waals surface area contributed by atoms with E-state index in [0.29, 0.717) is 16.3 Å². The summed E-state index contributed by atoms with van der Waals surface area (Å²) in [6.07, 6.45) is 3.09. The van der Waals surface area contributed by atoms with E-state index < -0.39 is 35.9 Å². The molecule has 0 saturated heterocycles. The van der Waals surface area contributed by atoms with Crippen LogP contribution in [0.4, 0.5) is 14.5 Å². The van der Waals surface area contributed by atoms with Crippen molar-refractivity contribution in [1.29, 1.82) is 0 Å².